The molecule has 2 aliphatic heterocycles. The molecule has 30 heavy (non-hydrogen) atoms. The maximum atomic E-state index is 12.3. The summed E-state index contributed by atoms with van der Waals surface area (Å²) in [5.74, 6) is -0.395. The summed E-state index contributed by atoms with van der Waals surface area (Å²) in [4.78, 5) is 26.5. The molecule has 4 rings (SSSR count). The minimum absolute atomic E-state index is 0.213. The van der Waals surface area contributed by atoms with Crippen LogP contribution in [0.15, 0.2) is 48.7 Å². The van der Waals surface area contributed by atoms with Crippen molar-refractivity contribution in [1.29, 1.82) is 0 Å². The third kappa shape index (κ3) is 4.73. The predicted molar refractivity (Wildman–Crippen MR) is 124 cm³/mol. The molecule has 2 N–H and O–H groups in total. The number of sulfone groups is 1. The second kappa shape index (κ2) is 8.48. The van der Waals surface area contributed by atoms with Gasteiger partial charge in [0.05, 0.1) is 17.1 Å². The first kappa shape index (κ1) is 21.0. The van der Waals surface area contributed by atoms with Gasteiger partial charge in [-0.1, -0.05) is 12.1 Å². The van der Waals surface area contributed by atoms with E-state index in [0.29, 0.717) is 36.3 Å². The summed E-state index contributed by atoms with van der Waals surface area (Å²) in [5.41, 5.74) is 3.39. The molecular weight excluding hydrogens is 517 g/mol. The molecule has 0 saturated carbocycles. The van der Waals surface area contributed by atoms with Crippen LogP contribution in [0.5, 0.6) is 0 Å². The lowest BCUT2D eigenvalue weighted by atomic mass is 9.95. The smallest absolute Gasteiger partial charge is 0.260 e. The van der Waals surface area contributed by atoms with E-state index in [9.17, 15) is 18.0 Å². The fourth-order valence-electron chi connectivity index (χ4n) is 3.47. The topological polar surface area (TPSA) is 95.6 Å². The van der Waals surface area contributed by atoms with Gasteiger partial charge in [0, 0.05) is 46.2 Å². The first-order valence-corrected chi connectivity index (χ1v) is 12.3. The number of anilines is 1. The van der Waals surface area contributed by atoms with Crippen molar-refractivity contribution in [2.24, 2.45) is 0 Å². The molecule has 7 nitrogen and oxygen atoms in total. The molecule has 0 spiro atoms. The number of imide groups is 1. The van der Waals surface area contributed by atoms with Crippen molar-refractivity contribution >= 4 is 55.5 Å². The molecule has 0 aliphatic carbocycles. The summed E-state index contributed by atoms with van der Waals surface area (Å²) >= 11 is 2.15. The summed E-state index contributed by atoms with van der Waals surface area (Å²) in [6.45, 7) is 1.81. The molecule has 2 aliphatic rings. The number of rotatable bonds is 4. The van der Waals surface area contributed by atoms with Crippen LogP contribution in [0.3, 0.4) is 0 Å². The summed E-state index contributed by atoms with van der Waals surface area (Å²) in [6.07, 6.45) is 1.61. The van der Waals surface area contributed by atoms with E-state index in [-0.39, 0.29) is 11.5 Å². The van der Waals surface area contributed by atoms with Crippen LogP contribution in [0, 0.1) is 3.57 Å². The van der Waals surface area contributed by atoms with Gasteiger partial charge in [-0.25, -0.2) is 8.42 Å². The van der Waals surface area contributed by atoms with Crippen LogP contribution in [0.4, 0.5) is 5.69 Å². The molecule has 0 bridgehead atoms. The molecule has 2 amide bonds. The van der Waals surface area contributed by atoms with Crippen molar-refractivity contribution in [3.05, 3.63) is 68.9 Å². The lowest BCUT2D eigenvalue weighted by molar-refractivity contribution is -0.114. The summed E-state index contributed by atoms with van der Waals surface area (Å²) in [6, 6.07) is 13.1. The monoisotopic (exact) mass is 537 g/mol. The Hall–Kier alpha value is -2.24. The second-order valence-electron chi connectivity index (χ2n) is 7.30. The van der Waals surface area contributed by atoms with Gasteiger partial charge in [-0.3, -0.25) is 19.8 Å². The van der Waals surface area contributed by atoms with Crippen LogP contribution in [-0.4, -0.2) is 49.7 Å². The van der Waals surface area contributed by atoms with Crippen LogP contribution < -0.4 is 10.6 Å². The number of hydrogen-bond donors (Lipinski definition) is 2. The van der Waals surface area contributed by atoms with E-state index in [1.165, 1.54) is 0 Å². The molecule has 1 fully saturated rings. The lowest BCUT2D eigenvalue weighted by Gasteiger charge is -2.26. The van der Waals surface area contributed by atoms with Crippen molar-refractivity contribution in [1.82, 2.24) is 10.2 Å². The highest BCUT2D eigenvalue weighted by Gasteiger charge is 2.27. The number of fused-ring (bicyclic) bond motifs is 1. The van der Waals surface area contributed by atoms with E-state index < -0.39 is 21.7 Å². The normalized spacial score (nSPS) is 20.0. The Labute approximate surface area is 188 Å². The largest absolute Gasteiger partial charge is 0.361 e. The number of halogens is 1. The van der Waals surface area contributed by atoms with Gasteiger partial charge in [-0.2, -0.15) is 0 Å². The predicted octanol–water partition coefficient (Wildman–Crippen LogP) is 2.24. The number of benzene rings is 2. The molecule has 2 aromatic rings. The first-order valence-electron chi connectivity index (χ1n) is 9.45. The van der Waals surface area contributed by atoms with Gasteiger partial charge in [0.2, 0.25) is 0 Å². The number of carbonyl (C=O) groups excluding carboxylic acids is 2. The molecule has 2 aromatic carbocycles. The van der Waals surface area contributed by atoms with Crippen LogP contribution in [0.1, 0.15) is 21.5 Å². The van der Waals surface area contributed by atoms with Crippen molar-refractivity contribution < 1.29 is 18.0 Å². The molecule has 0 atom stereocenters. The minimum atomic E-state index is -2.88. The van der Waals surface area contributed by atoms with Gasteiger partial charge in [0.25, 0.3) is 11.8 Å². The number of nitrogens with zero attached hydrogens (tertiary/aromatic N) is 1. The van der Waals surface area contributed by atoms with Crippen LogP contribution >= 0.6 is 22.6 Å². The van der Waals surface area contributed by atoms with E-state index in [0.717, 1.165) is 14.8 Å². The van der Waals surface area contributed by atoms with E-state index in [1.54, 1.807) is 12.3 Å². The Balaban J connectivity index is 1.46. The first-order chi connectivity index (χ1) is 14.3. The molecule has 0 aromatic heterocycles. The van der Waals surface area contributed by atoms with E-state index >= 15 is 0 Å². The zero-order valence-corrected chi connectivity index (χ0v) is 19.0. The molecule has 0 unspecified atom stereocenters. The Bertz CT molecular complexity index is 1130. The van der Waals surface area contributed by atoms with E-state index in [1.807, 2.05) is 36.4 Å². The van der Waals surface area contributed by atoms with Crippen molar-refractivity contribution in [3.8, 4) is 0 Å². The number of amides is 2. The van der Waals surface area contributed by atoms with Crippen LogP contribution in [0.25, 0.3) is 5.57 Å². The average Bonchev–Trinajstić information content (AvgIpc) is 2.70. The fourth-order valence-corrected chi connectivity index (χ4v) is 5.24. The zero-order valence-electron chi connectivity index (χ0n) is 16.0. The third-order valence-electron chi connectivity index (χ3n) is 5.17. The maximum absolute atomic E-state index is 12.3. The highest BCUT2D eigenvalue weighted by Crippen LogP contribution is 2.26. The summed E-state index contributed by atoms with van der Waals surface area (Å²) < 4.78 is 24.0. The quantitative estimate of drug-likeness (QED) is 0.353. The van der Waals surface area contributed by atoms with E-state index in [2.05, 4.69) is 38.1 Å². The lowest BCUT2D eigenvalue weighted by Crippen LogP contribution is -2.39. The highest BCUT2D eigenvalue weighted by atomic mass is 127. The van der Waals surface area contributed by atoms with Gasteiger partial charge >= 0.3 is 0 Å². The molecule has 156 valence electrons. The number of hydrogen-bond acceptors (Lipinski definition) is 6. The highest BCUT2D eigenvalue weighted by molar-refractivity contribution is 14.1. The molecule has 1 saturated heterocycles. The average molecular weight is 537 g/mol. The molecule has 2 heterocycles. The standard InChI is InChI=1S/C21H20IN3O4S/c22-15-3-6-17-18(11-15)19(21(27)24-20(17)26)12-23-16-4-1-14(2-5-16)13-25-7-9-30(28,29)10-8-25/h1-6,11-12,23H,7-10,13H2,(H,24,26,27). The second-order valence-corrected chi connectivity index (χ2v) is 10.8. The Morgan fingerprint density at radius 2 is 1.70 bits per heavy atom. The SMILES string of the molecule is O=C1NC(=O)c2ccc(I)cc2C1=CNc1ccc(CN2CCS(=O)(=O)CC2)cc1. The number of nitrogens with one attached hydrogen (secondary N) is 2. The fraction of sp³-hybridized carbons (Fsp3) is 0.238. The Morgan fingerprint density at radius 1 is 1.00 bits per heavy atom. The minimum Gasteiger partial charge on any atom is -0.361 e. The Morgan fingerprint density at radius 3 is 2.40 bits per heavy atom. The van der Waals surface area contributed by atoms with Crippen molar-refractivity contribution in [3.63, 3.8) is 0 Å². The van der Waals surface area contributed by atoms with Gasteiger partial charge < -0.3 is 5.32 Å². The molecule has 0 radical (unpaired) electrons. The van der Waals surface area contributed by atoms with Gasteiger partial charge in [0.1, 0.15) is 0 Å². The van der Waals surface area contributed by atoms with Crippen LogP contribution in [-0.2, 0) is 21.2 Å². The van der Waals surface area contributed by atoms with Gasteiger partial charge in [0.15, 0.2) is 9.84 Å². The third-order valence-corrected chi connectivity index (χ3v) is 7.45. The van der Waals surface area contributed by atoms with Gasteiger partial charge in [-0.05, 0) is 58.5 Å². The molecular formula is C21H20IN3O4S. The summed E-state index contributed by atoms with van der Waals surface area (Å²) in [7, 11) is -2.88. The van der Waals surface area contributed by atoms with E-state index in [4.69, 9.17) is 0 Å². The molecule has 9 heteroatoms. The number of carbonyl (C=O) groups is 2. The van der Waals surface area contributed by atoms with Crippen molar-refractivity contribution in [2.45, 2.75) is 6.54 Å². The van der Waals surface area contributed by atoms with Crippen molar-refractivity contribution in [2.75, 3.05) is 29.9 Å². The van der Waals surface area contributed by atoms with Crippen LogP contribution in [0.2, 0.25) is 0 Å². The Kier molecular flexibility index (Phi) is 5.94. The van der Waals surface area contributed by atoms with Gasteiger partial charge in [-0.15, -0.1) is 0 Å². The maximum Gasteiger partial charge on any atom is 0.260 e. The summed E-state index contributed by atoms with van der Waals surface area (Å²) in [5, 5.41) is 5.50. The zero-order chi connectivity index (χ0) is 21.3.